The number of nitrogens with zero attached hydrogens (tertiary/aromatic N) is 4. The van der Waals surface area contributed by atoms with E-state index in [0.717, 1.165) is 5.69 Å². The molecule has 0 spiro atoms. The third kappa shape index (κ3) is 4.70. The van der Waals surface area contributed by atoms with Crippen LogP contribution in [0, 0.1) is 0 Å². The van der Waals surface area contributed by atoms with E-state index in [1.807, 2.05) is 30.3 Å². The minimum atomic E-state index is -4.54. The molecule has 5 nitrogen and oxygen atoms in total. The van der Waals surface area contributed by atoms with Gasteiger partial charge in [0.2, 0.25) is 5.16 Å². The second-order valence-corrected chi connectivity index (χ2v) is 5.67. The van der Waals surface area contributed by atoms with Crippen molar-refractivity contribution in [3.8, 4) is 5.69 Å². The second kappa shape index (κ2) is 7.59. The SMILES string of the molecule is OC(CCCCSc1nnnn1-c1ccccc1)C(F)(F)F. The van der Waals surface area contributed by atoms with Crippen LogP contribution >= 0.6 is 11.8 Å². The van der Waals surface area contributed by atoms with Gasteiger partial charge in [0.25, 0.3) is 0 Å². The van der Waals surface area contributed by atoms with Gasteiger partial charge in [-0.15, -0.1) is 5.10 Å². The first-order chi connectivity index (χ1) is 10.5. The fraction of sp³-hybridized carbons (Fsp3) is 0.462. The number of para-hydroxylation sites is 1. The van der Waals surface area contributed by atoms with E-state index in [1.54, 1.807) is 4.68 Å². The lowest BCUT2D eigenvalue weighted by Gasteiger charge is -2.13. The Balaban J connectivity index is 1.78. The van der Waals surface area contributed by atoms with E-state index in [0.29, 0.717) is 23.8 Å². The summed E-state index contributed by atoms with van der Waals surface area (Å²) in [6, 6.07) is 9.33. The van der Waals surface area contributed by atoms with Crippen molar-refractivity contribution >= 4 is 11.8 Å². The van der Waals surface area contributed by atoms with E-state index in [1.165, 1.54) is 11.8 Å². The lowest BCUT2D eigenvalue weighted by Crippen LogP contribution is -2.28. The molecule has 0 aliphatic carbocycles. The van der Waals surface area contributed by atoms with Crippen molar-refractivity contribution in [1.29, 1.82) is 0 Å². The Labute approximate surface area is 129 Å². The zero-order chi connectivity index (χ0) is 16.0. The minimum absolute atomic E-state index is 0.284. The lowest BCUT2D eigenvalue weighted by atomic mass is 10.1. The van der Waals surface area contributed by atoms with Gasteiger partial charge >= 0.3 is 6.18 Å². The molecule has 0 aliphatic heterocycles. The molecule has 0 saturated heterocycles. The smallest absolute Gasteiger partial charge is 0.384 e. The Morgan fingerprint density at radius 1 is 1.18 bits per heavy atom. The minimum Gasteiger partial charge on any atom is -0.384 e. The predicted octanol–water partition coefficient (Wildman–Crippen LogP) is 2.85. The summed E-state index contributed by atoms with van der Waals surface area (Å²) in [4.78, 5) is 0. The molecule has 2 rings (SSSR count). The number of unbranched alkanes of at least 4 members (excludes halogenated alkanes) is 1. The van der Waals surface area contributed by atoms with Crippen LogP contribution in [0.3, 0.4) is 0 Å². The summed E-state index contributed by atoms with van der Waals surface area (Å²) in [7, 11) is 0. The molecule has 1 N–H and O–H groups in total. The summed E-state index contributed by atoms with van der Waals surface area (Å²) < 4.78 is 38.0. The molecule has 1 aromatic carbocycles. The monoisotopic (exact) mass is 332 g/mol. The van der Waals surface area contributed by atoms with Crippen LogP contribution in [0.1, 0.15) is 19.3 Å². The number of halogens is 3. The van der Waals surface area contributed by atoms with Crippen molar-refractivity contribution in [3.05, 3.63) is 30.3 Å². The highest BCUT2D eigenvalue weighted by Gasteiger charge is 2.37. The van der Waals surface area contributed by atoms with Crippen LogP contribution in [0.2, 0.25) is 0 Å². The second-order valence-electron chi connectivity index (χ2n) is 4.61. The van der Waals surface area contributed by atoms with Crippen LogP contribution < -0.4 is 0 Å². The van der Waals surface area contributed by atoms with Crippen molar-refractivity contribution in [3.63, 3.8) is 0 Å². The Kier molecular flexibility index (Phi) is 5.78. The number of rotatable bonds is 7. The molecule has 1 atom stereocenters. The molecule has 0 amide bonds. The highest BCUT2D eigenvalue weighted by Crippen LogP contribution is 2.25. The summed E-state index contributed by atoms with van der Waals surface area (Å²) in [5.41, 5.74) is 0.822. The number of aromatic nitrogens is 4. The third-order valence-electron chi connectivity index (χ3n) is 2.92. The van der Waals surface area contributed by atoms with Crippen LogP contribution in [0.25, 0.3) is 5.69 Å². The van der Waals surface area contributed by atoms with Gasteiger partial charge in [0.1, 0.15) is 6.10 Å². The molecule has 22 heavy (non-hydrogen) atoms. The summed E-state index contributed by atoms with van der Waals surface area (Å²) >= 11 is 1.37. The first-order valence-corrected chi connectivity index (χ1v) is 7.68. The molecule has 0 fully saturated rings. The summed E-state index contributed by atoms with van der Waals surface area (Å²) in [6.45, 7) is 0. The largest absolute Gasteiger partial charge is 0.414 e. The molecule has 0 saturated carbocycles. The van der Waals surface area contributed by atoms with E-state index in [4.69, 9.17) is 5.11 Å². The Bertz CT molecular complexity index is 576. The molecule has 0 aliphatic rings. The molecule has 1 unspecified atom stereocenters. The Hall–Kier alpha value is -1.61. The normalized spacial score (nSPS) is 13.3. The highest BCUT2D eigenvalue weighted by molar-refractivity contribution is 7.99. The van der Waals surface area contributed by atoms with Gasteiger partial charge in [-0.05, 0) is 41.8 Å². The number of tetrazole rings is 1. The van der Waals surface area contributed by atoms with Crippen molar-refractivity contribution in [2.45, 2.75) is 36.7 Å². The van der Waals surface area contributed by atoms with Crippen molar-refractivity contribution in [2.24, 2.45) is 0 Å². The molecule has 9 heteroatoms. The van der Waals surface area contributed by atoms with Gasteiger partial charge in [0, 0.05) is 5.75 Å². The molecule has 0 radical (unpaired) electrons. The topological polar surface area (TPSA) is 63.8 Å². The van der Waals surface area contributed by atoms with Crippen molar-refractivity contribution in [1.82, 2.24) is 20.2 Å². The first kappa shape index (κ1) is 16.8. The van der Waals surface area contributed by atoms with Crippen LogP contribution in [0.5, 0.6) is 0 Å². The van der Waals surface area contributed by atoms with Crippen LogP contribution in [-0.2, 0) is 0 Å². The fourth-order valence-corrected chi connectivity index (χ4v) is 2.66. The summed E-state index contributed by atoms with van der Waals surface area (Å²) in [5, 5.41) is 20.9. The molecule has 1 aromatic heterocycles. The highest BCUT2D eigenvalue weighted by atomic mass is 32.2. The van der Waals surface area contributed by atoms with Crippen molar-refractivity contribution in [2.75, 3.05) is 5.75 Å². The molecular weight excluding hydrogens is 317 g/mol. The molecular formula is C13H15F3N4OS. The van der Waals surface area contributed by atoms with Gasteiger partial charge in [-0.1, -0.05) is 30.0 Å². The zero-order valence-corrected chi connectivity index (χ0v) is 12.4. The lowest BCUT2D eigenvalue weighted by molar-refractivity contribution is -0.205. The number of benzene rings is 1. The van der Waals surface area contributed by atoms with E-state index in [-0.39, 0.29) is 6.42 Å². The summed E-state index contributed by atoms with van der Waals surface area (Å²) in [6.07, 6.45) is -6.23. The fourth-order valence-electron chi connectivity index (χ4n) is 1.77. The van der Waals surface area contributed by atoms with Gasteiger partial charge in [-0.25, -0.2) is 0 Å². The number of aliphatic hydroxyl groups is 1. The van der Waals surface area contributed by atoms with E-state index in [2.05, 4.69) is 15.5 Å². The van der Waals surface area contributed by atoms with Crippen molar-refractivity contribution < 1.29 is 18.3 Å². The zero-order valence-electron chi connectivity index (χ0n) is 11.6. The maximum absolute atomic E-state index is 12.1. The first-order valence-electron chi connectivity index (χ1n) is 6.70. The maximum atomic E-state index is 12.1. The number of aliphatic hydroxyl groups excluding tert-OH is 1. The number of hydrogen-bond donors (Lipinski definition) is 1. The van der Waals surface area contributed by atoms with Gasteiger partial charge in [0.05, 0.1) is 5.69 Å². The Morgan fingerprint density at radius 2 is 1.91 bits per heavy atom. The van der Waals surface area contributed by atoms with Gasteiger partial charge in [0.15, 0.2) is 0 Å². The average molecular weight is 332 g/mol. The number of alkyl halides is 3. The Morgan fingerprint density at radius 3 is 2.59 bits per heavy atom. The van der Waals surface area contributed by atoms with Gasteiger partial charge in [-0.2, -0.15) is 17.9 Å². The van der Waals surface area contributed by atoms with Gasteiger partial charge in [-0.3, -0.25) is 0 Å². The third-order valence-corrected chi connectivity index (χ3v) is 3.93. The average Bonchev–Trinajstić information content (AvgIpc) is 2.95. The van der Waals surface area contributed by atoms with E-state index in [9.17, 15) is 13.2 Å². The van der Waals surface area contributed by atoms with E-state index < -0.39 is 12.3 Å². The maximum Gasteiger partial charge on any atom is 0.414 e. The van der Waals surface area contributed by atoms with E-state index >= 15 is 0 Å². The van der Waals surface area contributed by atoms with Crippen LogP contribution in [0.4, 0.5) is 13.2 Å². The number of hydrogen-bond acceptors (Lipinski definition) is 5. The standard InChI is InChI=1S/C13H15F3N4OS/c14-13(15,16)11(21)8-4-5-9-22-12-17-18-19-20(12)10-6-2-1-3-7-10/h1-3,6-7,11,21H,4-5,8-9H2. The number of thioether (sulfide) groups is 1. The molecule has 2 aromatic rings. The van der Waals surface area contributed by atoms with Crippen LogP contribution in [0.15, 0.2) is 35.5 Å². The predicted molar refractivity (Wildman–Crippen MR) is 75.8 cm³/mol. The quantitative estimate of drug-likeness (QED) is 0.624. The van der Waals surface area contributed by atoms with Crippen LogP contribution in [-0.4, -0.2) is 43.3 Å². The molecule has 1 heterocycles. The summed E-state index contributed by atoms with van der Waals surface area (Å²) in [5.74, 6) is 0.581. The molecule has 120 valence electrons. The molecule has 0 bridgehead atoms. The van der Waals surface area contributed by atoms with Gasteiger partial charge < -0.3 is 5.11 Å².